The molecule has 0 radical (unpaired) electrons. The predicted molar refractivity (Wildman–Crippen MR) is 60.9 cm³/mol. The van der Waals surface area contributed by atoms with Crippen LogP contribution in [0.25, 0.3) is 0 Å². The number of likely N-dealkylation sites (N-methyl/N-ethyl adjacent to an activating group) is 1. The van der Waals surface area contributed by atoms with E-state index in [1.165, 1.54) is 19.3 Å². The van der Waals surface area contributed by atoms with Crippen LogP contribution < -0.4 is 0 Å². The van der Waals surface area contributed by atoms with Crippen LogP contribution in [0.3, 0.4) is 0 Å². The fourth-order valence-corrected chi connectivity index (χ4v) is 2.77. The third-order valence-corrected chi connectivity index (χ3v) is 3.75. The predicted octanol–water partition coefficient (Wildman–Crippen LogP) is 2.36. The van der Waals surface area contributed by atoms with Crippen molar-refractivity contribution >= 4 is 5.97 Å². The van der Waals surface area contributed by atoms with Crippen molar-refractivity contribution in [3.8, 4) is 0 Å². The van der Waals surface area contributed by atoms with Crippen molar-refractivity contribution in [3.63, 3.8) is 0 Å². The Kier molecular flexibility index (Phi) is 4.58. The summed E-state index contributed by atoms with van der Waals surface area (Å²) in [5.41, 5.74) is 0. The Hall–Kier alpha value is -0.570. The van der Waals surface area contributed by atoms with Crippen LogP contribution in [0.4, 0.5) is 0 Å². The molecule has 1 fully saturated rings. The molecule has 0 aromatic heterocycles. The van der Waals surface area contributed by atoms with E-state index in [0.29, 0.717) is 18.4 Å². The molecule has 3 atom stereocenters. The lowest BCUT2D eigenvalue weighted by Gasteiger charge is -2.39. The van der Waals surface area contributed by atoms with Gasteiger partial charge in [-0.05, 0) is 32.2 Å². The van der Waals surface area contributed by atoms with Crippen LogP contribution in [0, 0.1) is 5.92 Å². The molecule has 0 saturated heterocycles. The van der Waals surface area contributed by atoms with E-state index in [9.17, 15) is 4.79 Å². The molecule has 1 rings (SSSR count). The molecular formula is C12H23NO2. The molecule has 1 saturated carbocycles. The first-order chi connectivity index (χ1) is 7.07. The van der Waals surface area contributed by atoms with Crippen molar-refractivity contribution < 1.29 is 9.90 Å². The Balaban J connectivity index is 2.63. The first kappa shape index (κ1) is 12.5. The van der Waals surface area contributed by atoms with Gasteiger partial charge in [0, 0.05) is 6.04 Å². The Labute approximate surface area is 92.5 Å². The molecule has 3 nitrogen and oxygen atoms in total. The van der Waals surface area contributed by atoms with E-state index in [4.69, 9.17) is 5.11 Å². The van der Waals surface area contributed by atoms with Crippen LogP contribution in [-0.4, -0.2) is 35.1 Å². The molecule has 1 N–H and O–H groups in total. The number of hydrogen-bond donors (Lipinski definition) is 1. The Bertz CT molecular complexity index is 218. The number of nitrogens with zero attached hydrogens (tertiary/aromatic N) is 1. The van der Waals surface area contributed by atoms with Crippen molar-refractivity contribution in [2.24, 2.45) is 5.92 Å². The standard InChI is InChI=1S/C12H23NO2/c1-4-10(12(14)15)13(3)11-8-6-5-7-9(11)2/h9-11H,4-8H2,1-3H3,(H,14,15). The zero-order valence-corrected chi connectivity index (χ0v) is 10.1. The minimum Gasteiger partial charge on any atom is -0.480 e. The lowest BCUT2D eigenvalue weighted by Crippen LogP contribution is -2.48. The van der Waals surface area contributed by atoms with E-state index in [0.717, 1.165) is 6.42 Å². The van der Waals surface area contributed by atoms with Crippen LogP contribution in [-0.2, 0) is 4.79 Å². The Morgan fingerprint density at radius 2 is 2.07 bits per heavy atom. The molecule has 0 aromatic carbocycles. The van der Waals surface area contributed by atoms with Crippen molar-refractivity contribution in [3.05, 3.63) is 0 Å². The van der Waals surface area contributed by atoms with E-state index < -0.39 is 5.97 Å². The molecule has 0 spiro atoms. The monoisotopic (exact) mass is 213 g/mol. The molecule has 0 bridgehead atoms. The van der Waals surface area contributed by atoms with E-state index in [2.05, 4.69) is 11.8 Å². The first-order valence-electron chi connectivity index (χ1n) is 6.02. The quantitative estimate of drug-likeness (QED) is 0.779. The van der Waals surface area contributed by atoms with E-state index >= 15 is 0 Å². The SMILES string of the molecule is CCC(C(=O)O)N(C)C1CCCCC1C. The number of carbonyl (C=O) groups is 1. The van der Waals surface area contributed by atoms with Gasteiger partial charge in [-0.1, -0.05) is 26.7 Å². The van der Waals surface area contributed by atoms with Crippen LogP contribution in [0.5, 0.6) is 0 Å². The third kappa shape index (κ3) is 2.94. The van der Waals surface area contributed by atoms with Gasteiger partial charge in [0.1, 0.15) is 6.04 Å². The van der Waals surface area contributed by atoms with Gasteiger partial charge in [0.2, 0.25) is 0 Å². The molecule has 1 aliphatic rings. The number of hydrogen-bond acceptors (Lipinski definition) is 2. The van der Waals surface area contributed by atoms with Crippen LogP contribution >= 0.6 is 0 Å². The highest BCUT2D eigenvalue weighted by Gasteiger charge is 2.31. The van der Waals surface area contributed by atoms with Crippen LogP contribution in [0.2, 0.25) is 0 Å². The molecule has 3 unspecified atom stereocenters. The minimum atomic E-state index is -0.683. The van der Waals surface area contributed by atoms with E-state index in [1.54, 1.807) is 0 Å². The molecule has 0 aliphatic heterocycles. The fourth-order valence-electron chi connectivity index (χ4n) is 2.77. The summed E-state index contributed by atoms with van der Waals surface area (Å²) >= 11 is 0. The molecule has 1 aliphatic carbocycles. The lowest BCUT2D eigenvalue weighted by molar-refractivity contribution is -0.144. The summed E-state index contributed by atoms with van der Waals surface area (Å²) in [6.07, 6.45) is 5.63. The van der Waals surface area contributed by atoms with Crippen LogP contribution in [0.1, 0.15) is 46.0 Å². The topological polar surface area (TPSA) is 40.5 Å². The van der Waals surface area contributed by atoms with Crippen molar-refractivity contribution in [2.75, 3.05) is 7.05 Å². The molecule has 0 heterocycles. The maximum atomic E-state index is 11.1. The van der Waals surface area contributed by atoms with E-state index in [-0.39, 0.29) is 6.04 Å². The number of rotatable bonds is 4. The summed E-state index contributed by atoms with van der Waals surface area (Å²) in [6.45, 7) is 4.19. The zero-order chi connectivity index (χ0) is 11.4. The summed E-state index contributed by atoms with van der Waals surface area (Å²) in [7, 11) is 1.97. The number of carboxylic acids is 1. The maximum Gasteiger partial charge on any atom is 0.320 e. The van der Waals surface area contributed by atoms with Gasteiger partial charge in [-0.3, -0.25) is 9.69 Å². The van der Waals surface area contributed by atoms with Gasteiger partial charge < -0.3 is 5.11 Å². The zero-order valence-electron chi connectivity index (χ0n) is 10.1. The van der Waals surface area contributed by atoms with Gasteiger partial charge >= 0.3 is 5.97 Å². The second-order valence-electron chi connectivity index (χ2n) is 4.76. The third-order valence-electron chi connectivity index (χ3n) is 3.75. The number of aliphatic carboxylic acids is 1. The number of carboxylic acid groups (broad SMARTS) is 1. The van der Waals surface area contributed by atoms with Crippen molar-refractivity contribution in [2.45, 2.75) is 58.0 Å². The largest absolute Gasteiger partial charge is 0.480 e. The fraction of sp³-hybridized carbons (Fsp3) is 0.917. The molecular weight excluding hydrogens is 190 g/mol. The van der Waals surface area contributed by atoms with Crippen molar-refractivity contribution in [1.29, 1.82) is 0 Å². The highest BCUT2D eigenvalue weighted by atomic mass is 16.4. The average Bonchev–Trinajstić information content (AvgIpc) is 2.18. The lowest BCUT2D eigenvalue weighted by atomic mass is 9.84. The maximum absolute atomic E-state index is 11.1. The summed E-state index contributed by atoms with van der Waals surface area (Å²) in [5, 5.41) is 9.12. The average molecular weight is 213 g/mol. The molecule has 0 aromatic rings. The summed E-state index contributed by atoms with van der Waals surface area (Å²) in [6, 6.07) is 0.148. The summed E-state index contributed by atoms with van der Waals surface area (Å²) in [4.78, 5) is 13.2. The van der Waals surface area contributed by atoms with Gasteiger partial charge in [0.05, 0.1) is 0 Å². The Morgan fingerprint density at radius 1 is 1.47 bits per heavy atom. The highest BCUT2D eigenvalue weighted by molar-refractivity contribution is 5.73. The van der Waals surface area contributed by atoms with Gasteiger partial charge in [-0.15, -0.1) is 0 Å². The molecule has 0 amide bonds. The Morgan fingerprint density at radius 3 is 2.53 bits per heavy atom. The normalized spacial score (nSPS) is 29.1. The second kappa shape index (κ2) is 5.50. The minimum absolute atomic E-state index is 0.310. The van der Waals surface area contributed by atoms with Gasteiger partial charge in [-0.25, -0.2) is 0 Å². The van der Waals surface area contributed by atoms with E-state index in [1.807, 2.05) is 14.0 Å². The van der Waals surface area contributed by atoms with Gasteiger partial charge in [-0.2, -0.15) is 0 Å². The van der Waals surface area contributed by atoms with Crippen molar-refractivity contribution in [1.82, 2.24) is 4.90 Å². The molecule has 88 valence electrons. The highest BCUT2D eigenvalue weighted by Crippen LogP contribution is 2.28. The van der Waals surface area contributed by atoms with Gasteiger partial charge in [0.15, 0.2) is 0 Å². The molecule has 15 heavy (non-hydrogen) atoms. The first-order valence-corrected chi connectivity index (χ1v) is 6.02. The molecule has 3 heteroatoms. The summed E-state index contributed by atoms with van der Waals surface area (Å²) in [5.74, 6) is -0.0464. The smallest absolute Gasteiger partial charge is 0.320 e. The van der Waals surface area contributed by atoms with Crippen LogP contribution in [0.15, 0.2) is 0 Å². The van der Waals surface area contributed by atoms with Gasteiger partial charge in [0.25, 0.3) is 0 Å². The second-order valence-corrected chi connectivity index (χ2v) is 4.76. The summed E-state index contributed by atoms with van der Waals surface area (Å²) < 4.78 is 0.